The van der Waals surface area contributed by atoms with Crippen molar-refractivity contribution < 1.29 is 13.2 Å². The van der Waals surface area contributed by atoms with Gasteiger partial charge in [-0.25, -0.2) is 0 Å². The van der Waals surface area contributed by atoms with Crippen molar-refractivity contribution in [3.05, 3.63) is 29.1 Å². The lowest BCUT2D eigenvalue weighted by atomic mass is 10.0. The Hall–Kier alpha value is -1.06. The highest BCUT2D eigenvalue weighted by atomic mass is 19.4. The van der Waals surface area contributed by atoms with Crippen LogP contribution in [0, 0.1) is 12.8 Å². The predicted octanol–water partition coefficient (Wildman–Crippen LogP) is 3.61. The summed E-state index contributed by atoms with van der Waals surface area (Å²) < 4.78 is 37.2. The largest absolute Gasteiger partial charge is 0.418 e. The average molecular weight is 217 g/mol. The fourth-order valence-corrected chi connectivity index (χ4v) is 1.44. The van der Waals surface area contributed by atoms with Crippen LogP contribution in [0.4, 0.5) is 13.2 Å². The maximum absolute atomic E-state index is 12.4. The third kappa shape index (κ3) is 3.22. The van der Waals surface area contributed by atoms with Gasteiger partial charge in [0.1, 0.15) is 0 Å². The number of alkyl halides is 3. The van der Waals surface area contributed by atoms with Gasteiger partial charge in [0.15, 0.2) is 0 Å². The summed E-state index contributed by atoms with van der Waals surface area (Å²) in [6.07, 6.45) is -2.67. The topological polar surface area (TPSA) is 12.9 Å². The number of hydrogen-bond acceptors (Lipinski definition) is 1. The van der Waals surface area contributed by atoms with Gasteiger partial charge in [0, 0.05) is 11.9 Å². The third-order valence-electron chi connectivity index (χ3n) is 2.09. The van der Waals surface area contributed by atoms with Crippen LogP contribution in [0.1, 0.15) is 30.7 Å². The molecule has 1 heterocycles. The SMILES string of the molecule is Cc1cc(CC(C)C)ncc1C(F)(F)F. The smallest absolute Gasteiger partial charge is 0.261 e. The Morgan fingerprint density at radius 1 is 1.33 bits per heavy atom. The number of rotatable bonds is 2. The molecule has 0 unspecified atom stereocenters. The summed E-state index contributed by atoms with van der Waals surface area (Å²) in [6, 6.07) is 1.52. The van der Waals surface area contributed by atoms with Crippen LogP contribution in [0.2, 0.25) is 0 Å². The van der Waals surface area contributed by atoms with Gasteiger partial charge in [0.2, 0.25) is 0 Å². The first-order valence-electron chi connectivity index (χ1n) is 4.83. The van der Waals surface area contributed by atoms with Gasteiger partial charge in [-0.3, -0.25) is 4.98 Å². The van der Waals surface area contributed by atoms with E-state index in [0.29, 0.717) is 12.3 Å². The molecule has 0 amide bonds. The molecule has 1 aromatic rings. The number of halogens is 3. The monoisotopic (exact) mass is 217 g/mol. The molecular formula is C11H14F3N. The van der Waals surface area contributed by atoms with Crippen molar-refractivity contribution in [3.8, 4) is 0 Å². The molecule has 1 rings (SSSR count). The van der Waals surface area contributed by atoms with E-state index in [1.54, 1.807) is 0 Å². The van der Waals surface area contributed by atoms with Crippen LogP contribution >= 0.6 is 0 Å². The molecular weight excluding hydrogens is 203 g/mol. The summed E-state index contributed by atoms with van der Waals surface area (Å²) in [4.78, 5) is 3.83. The Morgan fingerprint density at radius 2 is 1.93 bits per heavy atom. The Kier molecular flexibility index (Phi) is 3.37. The zero-order chi connectivity index (χ0) is 11.6. The molecule has 0 saturated heterocycles. The normalized spacial score (nSPS) is 12.2. The minimum Gasteiger partial charge on any atom is -0.261 e. The summed E-state index contributed by atoms with van der Waals surface area (Å²) >= 11 is 0. The lowest BCUT2D eigenvalue weighted by Gasteiger charge is -2.11. The summed E-state index contributed by atoms with van der Waals surface area (Å²) in [7, 11) is 0. The molecule has 0 bridgehead atoms. The zero-order valence-electron chi connectivity index (χ0n) is 9.02. The molecule has 0 fully saturated rings. The molecule has 1 aromatic heterocycles. The van der Waals surface area contributed by atoms with Crippen LogP contribution in [0.3, 0.4) is 0 Å². The molecule has 4 heteroatoms. The Bertz CT molecular complexity index is 342. The van der Waals surface area contributed by atoms with Crippen LogP contribution < -0.4 is 0 Å². The molecule has 0 aliphatic carbocycles. The molecule has 0 spiro atoms. The van der Waals surface area contributed by atoms with Crippen molar-refractivity contribution in [1.29, 1.82) is 0 Å². The van der Waals surface area contributed by atoms with Gasteiger partial charge in [-0.05, 0) is 30.9 Å². The highest BCUT2D eigenvalue weighted by Gasteiger charge is 2.32. The van der Waals surface area contributed by atoms with E-state index < -0.39 is 11.7 Å². The maximum Gasteiger partial charge on any atom is 0.418 e. The van der Waals surface area contributed by atoms with Crippen molar-refractivity contribution in [2.45, 2.75) is 33.4 Å². The highest BCUT2D eigenvalue weighted by Crippen LogP contribution is 2.31. The first-order chi connectivity index (χ1) is 6.80. The molecule has 15 heavy (non-hydrogen) atoms. The van der Waals surface area contributed by atoms with E-state index in [-0.39, 0.29) is 5.56 Å². The second-order valence-corrected chi connectivity index (χ2v) is 4.09. The van der Waals surface area contributed by atoms with Crippen molar-refractivity contribution in [3.63, 3.8) is 0 Å². The fourth-order valence-electron chi connectivity index (χ4n) is 1.44. The molecule has 0 atom stereocenters. The minimum absolute atomic E-state index is 0.244. The lowest BCUT2D eigenvalue weighted by Crippen LogP contribution is -2.09. The number of hydrogen-bond donors (Lipinski definition) is 0. The Labute approximate surface area is 87.3 Å². The Morgan fingerprint density at radius 3 is 2.33 bits per heavy atom. The van der Waals surface area contributed by atoms with E-state index in [9.17, 15) is 13.2 Å². The Balaban J connectivity index is 2.99. The van der Waals surface area contributed by atoms with E-state index in [1.165, 1.54) is 13.0 Å². The molecule has 0 aliphatic rings. The van der Waals surface area contributed by atoms with Crippen molar-refractivity contribution in [1.82, 2.24) is 4.98 Å². The number of aryl methyl sites for hydroxylation is 1. The van der Waals surface area contributed by atoms with E-state index in [4.69, 9.17) is 0 Å². The van der Waals surface area contributed by atoms with Crippen LogP contribution in [0.25, 0.3) is 0 Å². The quantitative estimate of drug-likeness (QED) is 0.737. The van der Waals surface area contributed by atoms with E-state index >= 15 is 0 Å². The molecule has 0 N–H and O–H groups in total. The number of aromatic nitrogens is 1. The van der Waals surface area contributed by atoms with E-state index in [2.05, 4.69) is 4.98 Å². The van der Waals surface area contributed by atoms with Gasteiger partial charge in [-0.15, -0.1) is 0 Å². The second-order valence-electron chi connectivity index (χ2n) is 4.09. The van der Waals surface area contributed by atoms with E-state index in [1.807, 2.05) is 13.8 Å². The molecule has 0 aromatic carbocycles. The number of nitrogens with zero attached hydrogens (tertiary/aromatic N) is 1. The fraction of sp³-hybridized carbons (Fsp3) is 0.545. The summed E-state index contributed by atoms with van der Waals surface area (Å²) in [5.74, 6) is 0.397. The zero-order valence-corrected chi connectivity index (χ0v) is 9.02. The molecule has 1 nitrogen and oxygen atoms in total. The van der Waals surface area contributed by atoms with Gasteiger partial charge >= 0.3 is 6.18 Å². The third-order valence-corrected chi connectivity index (χ3v) is 2.09. The first kappa shape index (κ1) is 12.0. The molecule has 0 radical (unpaired) electrons. The van der Waals surface area contributed by atoms with Crippen LogP contribution in [0.5, 0.6) is 0 Å². The first-order valence-corrected chi connectivity index (χ1v) is 4.83. The highest BCUT2D eigenvalue weighted by molar-refractivity contribution is 5.27. The van der Waals surface area contributed by atoms with Gasteiger partial charge in [-0.1, -0.05) is 13.8 Å². The summed E-state index contributed by atoms with van der Waals surface area (Å²) in [5, 5.41) is 0. The second kappa shape index (κ2) is 4.21. The van der Waals surface area contributed by atoms with Crippen LogP contribution in [-0.2, 0) is 12.6 Å². The average Bonchev–Trinajstić information content (AvgIpc) is 1.99. The minimum atomic E-state index is -4.30. The summed E-state index contributed by atoms with van der Waals surface area (Å²) in [6.45, 7) is 5.48. The number of pyridine rings is 1. The van der Waals surface area contributed by atoms with Crippen molar-refractivity contribution >= 4 is 0 Å². The van der Waals surface area contributed by atoms with Crippen molar-refractivity contribution in [2.75, 3.05) is 0 Å². The van der Waals surface area contributed by atoms with Crippen LogP contribution in [0.15, 0.2) is 12.3 Å². The summed E-state index contributed by atoms with van der Waals surface area (Å²) in [5.41, 5.74) is 0.318. The maximum atomic E-state index is 12.4. The lowest BCUT2D eigenvalue weighted by molar-refractivity contribution is -0.138. The predicted molar refractivity (Wildman–Crippen MR) is 52.5 cm³/mol. The standard InChI is InChI=1S/C11H14F3N/c1-7(2)4-9-5-8(3)10(6-15-9)11(12,13)14/h5-7H,4H2,1-3H3. The molecule has 0 aliphatic heterocycles. The molecule has 0 saturated carbocycles. The van der Waals surface area contributed by atoms with Crippen molar-refractivity contribution in [2.24, 2.45) is 5.92 Å². The van der Waals surface area contributed by atoms with Gasteiger partial charge in [0.25, 0.3) is 0 Å². The molecule has 84 valence electrons. The van der Waals surface area contributed by atoms with E-state index in [0.717, 1.165) is 11.9 Å². The van der Waals surface area contributed by atoms with Gasteiger partial charge in [0.05, 0.1) is 5.56 Å². The van der Waals surface area contributed by atoms with Gasteiger partial charge in [-0.2, -0.15) is 13.2 Å². The van der Waals surface area contributed by atoms with Gasteiger partial charge < -0.3 is 0 Å². The van der Waals surface area contributed by atoms with Crippen LogP contribution in [-0.4, -0.2) is 4.98 Å².